The molecule has 0 radical (unpaired) electrons. The van der Waals surface area contributed by atoms with Crippen LogP contribution < -0.4 is 0 Å². The van der Waals surface area contributed by atoms with E-state index in [4.69, 9.17) is 0 Å². The highest BCUT2D eigenvalue weighted by molar-refractivity contribution is 15.0. The smallest absolute Gasteiger partial charge is 0.302 e. The number of carbonyl (C=O) groups excluding carboxylic acids is 1. The van der Waals surface area contributed by atoms with E-state index in [1.807, 2.05) is 0 Å². The fourth-order valence-electron chi connectivity index (χ4n) is 6.77. The first-order valence-corrected chi connectivity index (χ1v) is 14.8. The molecule has 4 bridgehead atoms. The number of fused-ring (bicyclic) bond motifs is 12. The molecule has 4 fully saturated rings. The van der Waals surface area contributed by atoms with Gasteiger partial charge in [-0.3, -0.25) is 4.79 Å². The van der Waals surface area contributed by atoms with Gasteiger partial charge in [0.2, 0.25) is 0 Å². The number of esters is 1. The normalized spacial score (nSPS) is 48.0. The van der Waals surface area contributed by atoms with Crippen LogP contribution >= 0.6 is 37.2 Å². The molecule has 0 N–H and O–H groups in total. The van der Waals surface area contributed by atoms with Gasteiger partial charge in [0.25, 0.3) is 0 Å². The number of methoxy groups -OCH3 is 1. The van der Waals surface area contributed by atoms with Gasteiger partial charge in [0, 0.05) is 44.2 Å². The van der Waals surface area contributed by atoms with Gasteiger partial charge in [-0.1, -0.05) is 12.2 Å². The standard InChI is InChI=1S/C15H20.C3H6O2.I2/c1-2-10-11(3-1)13-7-12(10)14-8-4-5-9(6-8)15(13)14;1-3(4)5-2;1-2/h1-2,8-15H,3-7H2;1-2H3;. The van der Waals surface area contributed by atoms with Crippen molar-refractivity contribution in [3.8, 4) is 0 Å². The van der Waals surface area contributed by atoms with Crippen LogP contribution in [0.25, 0.3) is 0 Å². The van der Waals surface area contributed by atoms with Crippen LogP contribution in [0.15, 0.2) is 12.2 Å². The molecule has 22 heavy (non-hydrogen) atoms. The summed E-state index contributed by atoms with van der Waals surface area (Å²) in [6, 6.07) is 0. The Morgan fingerprint density at radius 2 is 1.64 bits per heavy atom. The quantitative estimate of drug-likeness (QED) is 0.181. The average molecular weight is 528 g/mol. The number of rotatable bonds is 0. The third-order valence-corrected chi connectivity index (χ3v) is 7.17. The van der Waals surface area contributed by atoms with E-state index >= 15 is 0 Å². The van der Waals surface area contributed by atoms with Crippen LogP contribution in [-0.2, 0) is 9.53 Å². The zero-order chi connectivity index (χ0) is 15.9. The molecule has 0 amide bonds. The molecule has 0 aromatic rings. The van der Waals surface area contributed by atoms with E-state index in [1.54, 1.807) is 25.7 Å². The van der Waals surface area contributed by atoms with E-state index < -0.39 is 0 Å². The minimum atomic E-state index is -0.245. The van der Waals surface area contributed by atoms with Crippen molar-refractivity contribution in [2.45, 2.75) is 39.0 Å². The van der Waals surface area contributed by atoms with Crippen molar-refractivity contribution in [2.24, 2.45) is 47.3 Å². The maximum absolute atomic E-state index is 9.59. The Balaban J connectivity index is 0.000000180. The van der Waals surface area contributed by atoms with E-state index in [0.717, 1.165) is 23.7 Å². The van der Waals surface area contributed by atoms with E-state index in [0.29, 0.717) is 0 Å². The summed E-state index contributed by atoms with van der Waals surface area (Å²) in [6.45, 7) is 1.36. The number of hydrogen-bond donors (Lipinski definition) is 0. The molecule has 5 aliphatic carbocycles. The molecule has 2 nitrogen and oxygen atoms in total. The molecule has 8 atom stereocenters. The molecule has 0 aromatic carbocycles. The first-order chi connectivity index (χ1) is 10.7. The van der Waals surface area contributed by atoms with Gasteiger partial charge in [0.05, 0.1) is 7.11 Å². The molecule has 0 aromatic heterocycles. The Morgan fingerprint density at radius 1 is 1.05 bits per heavy atom. The van der Waals surface area contributed by atoms with Crippen LogP contribution in [0.5, 0.6) is 0 Å². The summed E-state index contributed by atoms with van der Waals surface area (Å²) in [5.74, 6) is 8.94. The highest BCUT2D eigenvalue weighted by Crippen LogP contribution is 2.71. The van der Waals surface area contributed by atoms with Gasteiger partial charge in [0.15, 0.2) is 0 Å². The second-order valence-electron chi connectivity index (χ2n) is 7.65. The summed E-state index contributed by atoms with van der Waals surface area (Å²) in [5.41, 5.74) is 0. The van der Waals surface area contributed by atoms with Gasteiger partial charge in [0.1, 0.15) is 0 Å². The number of carbonyl (C=O) groups is 1. The summed E-state index contributed by atoms with van der Waals surface area (Å²) in [6.07, 6.45) is 13.0. The van der Waals surface area contributed by atoms with Gasteiger partial charge in [-0.25, -0.2) is 0 Å². The maximum Gasteiger partial charge on any atom is 0.302 e. The highest BCUT2D eigenvalue weighted by Gasteiger charge is 2.65. The van der Waals surface area contributed by atoms with Crippen LogP contribution in [0.3, 0.4) is 0 Å². The second-order valence-corrected chi connectivity index (χ2v) is 7.65. The lowest BCUT2D eigenvalue weighted by atomic mass is 9.64. The van der Waals surface area contributed by atoms with Crippen molar-refractivity contribution < 1.29 is 9.53 Å². The molecular weight excluding hydrogens is 502 g/mol. The number of halogens is 2. The van der Waals surface area contributed by atoms with Crippen LogP contribution in [0.2, 0.25) is 0 Å². The lowest BCUT2D eigenvalue weighted by Crippen LogP contribution is -2.36. The van der Waals surface area contributed by atoms with Crippen LogP contribution in [0, 0.1) is 47.3 Å². The number of ether oxygens (including phenoxy) is 1. The topological polar surface area (TPSA) is 26.3 Å². The van der Waals surface area contributed by atoms with E-state index in [2.05, 4.69) is 54.1 Å². The summed E-state index contributed by atoms with van der Waals surface area (Å²) in [7, 11) is 1.35. The fraction of sp³-hybridized carbons (Fsp3) is 0.833. The van der Waals surface area contributed by atoms with Gasteiger partial charge in [-0.15, -0.1) is 0 Å². The Kier molecular flexibility index (Phi) is 5.79. The highest BCUT2D eigenvalue weighted by atomic mass is 128. The minimum Gasteiger partial charge on any atom is -0.469 e. The van der Waals surface area contributed by atoms with Crippen molar-refractivity contribution in [1.29, 1.82) is 0 Å². The van der Waals surface area contributed by atoms with Gasteiger partial charge < -0.3 is 4.74 Å². The van der Waals surface area contributed by atoms with Gasteiger partial charge in [-0.05, 0) is 79.4 Å². The third kappa shape index (κ3) is 2.78. The predicted octanol–water partition coefficient (Wildman–Crippen LogP) is 5.44. The average Bonchev–Trinajstić information content (AvgIpc) is 3.30. The zero-order valence-corrected chi connectivity index (χ0v) is 17.7. The van der Waals surface area contributed by atoms with E-state index in [-0.39, 0.29) is 5.97 Å². The molecule has 124 valence electrons. The maximum atomic E-state index is 9.59. The molecule has 0 spiro atoms. The molecule has 0 saturated heterocycles. The Hall–Kier alpha value is 0.670. The second kappa shape index (κ2) is 7.28. The number of allylic oxidation sites excluding steroid dienone is 2. The Labute approximate surface area is 157 Å². The zero-order valence-electron chi connectivity index (χ0n) is 13.4. The number of hydrogen-bond acceptors (Lipinski definition) is 2. The molecule has 8 unspecified atom stereocenters. The van der Waals surface area contributed by atoms with E-state index in [1.165, 1.54) is 44.1 Å². The van der Waals surface area contributed by atoms with Crippen molar-refractivity contribution in [3.63, 3.8) is 0 Å². The molecule has 4 saturated carbocycles. The summed E-state index contributed by atoms with van der Waals surface area (Å²) in [4.78, 5) is 9.59. The molecule has 0 aliphatic heterocycles. The molecule has 5 aliphatic rings. The minimum absolute atomic E-state index is 0.245. The van der Waals surface area contributed by atoms with Crippen LogP contribution in [0.4, 0.5) is 0 Å². The van der Waals surface area contributed by atoms with Gasteiger partial charge in [-0.2, -0.15) is 0 Å². The Bertz CT molecular complexity index is 450. The fourth-order valence-corrected chi connectivity index (χ4v) is 6.77. The lowest BCUT2D eigenvalue weighted by Gasteiger charge is -2.40. The van der Waals surface area contributed by atoms with Crippen molar-refractivity contribution in [1.82, 2.24) is 0 Å². The molecule has 0 heterocycles. The molecule has 4 heteroatoms. The SMILES string of the molecule is C1=CC2C(C1)C1CC2C2C3CCC(C3)C12.COC(C)=O.II. The first kappa shape index (κ1) is 17.5. The van der Waals surface area contributed by atoms with Crippen molar-refractivity contribution in [2.75, 3.05) is 7.11 Å². The third-order valence-electron chi connectivity index (χ3n) is 7.17. The van der Waals surface area contributed by atoms with E-state index in [9.17, 15) is 4.79 Å². The van der Waals surface area contributed by atoms with Crippen LogP contribution in [0.1, 0.15) is 39.0 Å². The largest absolute Gasteiger partial charge is 0.469 e. The summed E-state index contributed by atoms with van der Waals surface area (Å²) in [5, 5.41) is 0. The molecule has 5 rings (SSSR count). The Morgan fingerprint density at radius 3 is 2.23 bits per heavy atom. The van der Waals surface area contributed by atoms with Crippen LogP contribution in [-0.4, -0.2) is 13.1 Å². The summed E-state index contributed by atoms with van der Waals surface area (Å²) >= 11 is 4.24. The lowest BCUT2D eigenvalue weighted by molar-refractivity contribution is -0.137. The first-order valence-electron chi connectivity index (χ1n) is 8.56. The van der Waals surface area contributed by atoms with Crippen molar-refractivity contribution in [3.05, 3.63) is 12.2 Å². The van der Waals surface area contributed by atoms with Gasteiger partial charge >= 0.3 is 5.97 Å². The van der Waals surface area contributed by atoms with Crippen molar-refractivity contribution >= 4 is 43.2 Å². The molecular formula is C18H26I2O2. The summed E-state index contributed by atoms with van der Waals surface area (Å²) < 4.78 is 4.11. The predicted molar refractivity (Wildman–Crippen MR) is 106 cm³/mol. The monoisotopic (exact) mass is 528 g/mol.